The second-order valence-electron chi connectivity index (χ2n) is 9.86. The van der Waals surface area contributed by atoms with E-state index in [9.17, 15) is 9.18 Å². The van der Waals surface area contributed by atoms with Gasteiger partial charge in [0.1, 0.15) is 5.82 Å². The quantitative estimate of drug-likeness (QED) is 0.563. The topological polar surface area (TPSA) is 33.2 Å². The number of carbonyl (C=O) groups excluding carboxylic acids is 1. The van der Waals surface area contributed by atoms with Gasteiger partial charge >= 0.3 is 0 Å². The Morgan fingerprint density at radius 3 is 2.62 bits per heavy atom. The van der Waals surface area contributed by atoms with Gasteiger partial charge in [-0.15, -0.1) is 0 Å². The van der Waals surface area contributed by atoms with Crippen LogP contribution < -0.4 is 0 Å². The second kappa shape index (κ2) is 9.56. The molecule has 168 valence electrons. The molecule has 0 radical (unpaired) electrons. The predicted molar refractivity (Wildman–Crippen MR) is 126 cm³/mol. The van der Waals surface area contributed by atoms with Crippen LogP contribution in [0, 0.1) is 29.5 Å². The lowest BCUT2D eigenvalue weighted by Crippen LogP contribution is -2.41. The number of allylic oxidation sites excluding steroid dienone is 1. The molecular weight excluding hydrogens is 399 g/mol. The van der Waals surface area contributed by atoms with Crippen LogP contribution in [0.4, 0.5) is 4.39 Å². The van der Waals surface area contributed by atoms with Gasteiger partial charge in [-0.25, -0.2) is 4.39 Å². The van der Waals surface area contributed by atoms with Crippen molar-refractivity contribution in [3.8, 4) is 11.1 Å². The molecule has 32 heavy (non-hydrogen) atoms. The lowest BCUT2D eigenvalue weighted by Gasteiger charge is -2.32. The number of halogens is 1. The Balaban J connectivity index is 1.34. The average molecular weight is 433 g/mol. The number of aromatic nitrogens is 1. The van der Waals surface area contributed by atoms with Crippen molar-refractivity contribution in [2.45, 2.75) is 51.4 Å². The summed E-state index contributed by atoms with van der Waals surface area (Å²) in [7, 11) is 0. The number of amides is 1. The van der Waals surface area contributed by atoms with Gasteiger partial charge in [-0.3, -0.25) is 9.78 Å². The Hall–Kier alpha value is -2.49. The molecule has 3 nitrogen and oxygen atoms in total. The molecule has 2 saturated carbocycles. The molecule has 1 aromatic carbocycles. The van der Waals surface area contributed by atoms with Crippen LogP contribution in [0.3, 0.4) is 0 Å². The number of hydrogen-bond donors (Lipinski definition) is 0. The summed E-state index contributed by atoms with van der Waals surface area (Å²) in [6, 6.07) is 10.6. The maximum Gasteiger partial charge on any atom is 0.226 e. The standard InChI is InChI=1S/C28H33FN2O/c29-23-9-6-8-20(17-23)22-11-12-24(30-19-22)13-14-26-25-10-3-2-7-21(25)18-27(26)28(32)31-15-4-1-5-16-31/h6,8-9,11-14,17,19,21,25-27H,1-5,7,10,15-16,18H2/b14-13+/t21-,25-,26+,27+/m1/s1. The Morgan fingerprint density at radius 1 is 1.00 bits per heavy atom. The van der Waals surface area contributed by atoms with Crippen molar-refractivity contribution in [3.05, 3.63) is 60.2 Å². The maximum absolute atomic E-state index is 13.5. The summed E-state index contributed by atoms with van der Waals surface area (Å²) in [4.78, 5) is 20.2. The fourth-order valence-corrected chi connectivity index (χ4v) is 6.26. The summed E-state index contributed by atoms with van der Waals surface area (Å²) in [5.41, 5.74) is 2.64. The van der Waals surface area contributed by atoms with Gasteiger partial charge < -0.3 is 4.90 Å². The Kier molecular flexibility index (Phi) is 6.38. The lowest BCUT2D eigenvalue weighted by molar-refractivity contribution is -0.137. The first kappa shape index (κ1) is 21.4. The molecule has 1 aliphatic heterocycles. The fourth-order valence-electron chi connectivity index (χ4n) is 6.26. The zero-order valence-corrected chi connectivity index (χ0v) is 18.8. The van der Waals surface area contributed by atoms with E-state index in [2.05, 4.69) is 22.0 Å². The summed E-state index contributed by atoms with van der Waals surface area (Å²) >= 11 is 0. The number of fused-ring (bicyclic) bond motifs is 1. The third-order valence-corrected chi connectivity index (χ3v) is 7.90. The van der Waals surface area contributed by atoms with E-state index in [0.29, 0.717) is 23.7 Å². The summed E-state index contributed by atoms with van der Waals surface area (Å²) in [6.45, 7) is 1.87. The summed E-state index contributed by atoms with van der Waals surface area (Å²) in [6.07, 6.45) is 15.9. The van der Waals surface area contributed by atoms with Gasteiger partial charge in [0.25, 0.3) is 0 Å². The minimum Gasteiger partial charge on any atom is -0.342 e. The van der Waals surface area contributed by atoms with Crippen molar-refractivity contribution in [1.82, 2.24) is 9.88 Å². The minimum atomic E-state index is -0.237. The average Bonchev–Trinajstić information content (AvgIpc) is 3.22. The zero-order chi connectivity index (χ0) is 21.9. The summed E-state index contributed by atoms with van der Waals surface area (Å²) < 4.78 is 13.5. The molecule has 4 heteroatoms. The van der Waals surface area contributed by atoms with Gasteiger partial charge in [-0.05, 0) is 79.7 Å². The van der Waals surface area contributed by atoms with Crippen molar-refractivity contribution in [1.29, 1.82) is 0 Å². The molecule has 2 aromatic rings. The van der Waals surface area contributed by atoms with E-state index in [0.717, 1.165) is 49.2 Å². The van der Waals surface area contributed by atoms with E-state index in [1.807, 2.05) is 24.4 Å². The van der Waals surface area contributed by atoms with E-state index in [-0.39, 0.29) is 11.7 Å². The normalized spacial score (nSPS) is 28.1. The number of piperidine rings is 1. The molecule has 0 unspecified atom stereocenters. The van der Waals surface area contributed by atoms with E-state index >= 15 is 0 Å². The molecule has 0 spiro atoms. The van der Waals surface area contributed by atoms with Gasteiger partial charge in [0.15, 0.2) is 0 Å². The number of hydrogen-bond acceptors (Lipinski definition) is 2. The molecule has 1 aromatic heterocycles. The van der Waals surface area contributed by atoms with Crippen molar-refractivity contribution in [3.63, 3.8) is 0 Å². The number of pyridine rings is 1. The molecule has 1 amide bonds. The van der Waals surface area contributed by atoms with Crippen molar-refractivity contribution in [2.75, 3.05) is 13.1 Å². The lowest BCUT2D eigenvalue weighted by atomic mass is 9.77. The maximum atomic E-state index is 13.5. The first-order valence-electron chi connectivity index (χ1n) is 12.4. The summed E-state index contributed by atoms with van der Waals surface area (Å²) in [5, 5.41) is 0. The highest BCUT2D eigenvalue weighted by Crippen LogP contribution is 2.50. The third-order valence-electron chi connectivity index (χ3n) is 7.90. The highest BCUT2D eigenvalue weighted by Gasteiger charge is 2.46. The van der Waals surface area contributed by atoms with Crippen LogP contribution in [-0.4, -0.2) is 28.9 Å². The van der Waals surface area contributed by atoms with Crippen molar-refractivity contribution in [2.24, 2.45) is 23.7 Å². The zero-order valence-electron chi connectivity index (χ0n) is 18.8. The van der Waals surface area contributed by atoms with Crippen LogP contribution in [0.2, 0.25) is 0 Å². The molecule has 0 N–H and O–H groups in total. The number of carbonyl (C=O) groups is 1. The van der Waals surface area contributed by atoms with Gasteiger partial charge in [0, 0.05) is 30.8 Å². The molecule has 2 heterocycles. The molecule has 2 aliphatic carbocycles. The van der Waals surface area contributed by atoms with Crippen LogP contribution in [0.1, 0.15) is 57.1 Å². The number of nitrogens with zero attached hydrogens (tertiary/aromatic N) is 2. The van der Waals surface area contributed by atoms with Crippen LogP contribution in [0.15, 0.2) is 48.7 Å². The van der Waals surface area contributed by atoms with E-state index in [4.69, 9.17) is 0 Å². The Morgan fingerprint density at radius 2 is 1.84 bits per heavy atom. The summed E-state index contributed by atoms with van der Waals surface area (Å²) in [5.74, 6) is 1.93. The first-order chi connectivity index (χ1) is 15.7. The molecule has 3 aliphatic rings. The highest BCUT2D eigenvalue weighted by atomic mass is 19.1. The van der Waals surface area contributed by atoms with E-state index < -0.39 is 0 Å². The number of benzene rings is 1. The second-order valence-corrected chi connectivity index (χ2v) is 9.86. The van der Waals surface area contributed by atoms with Gasteiger partial charge in [0.2, 0.25) is 5.91 Å². The van der Waals surface area contributed by atoms with Crippen molar-refractivity contribution >= 4 is 12.0 Å². The van der Waals surface area contributed by atoms with E-state index in [1.165, 1.54) is 44.2 Å². The van der Waals surface area contributed by atoms with Gasteiger partial charge in [-0.1, -0.05) is 43.5 Å². The largest absolute Gasteiger partial charge is 0.342 e. The van der Waals surface area contributed by atoms with E-state index in [1.54, 1.807) is 6.07 Å². The minimum absolute atomic E-state index is 0.129. The molecular formula is C28H33FN2O. The first-order valence-corrected chi connectivity index (χ1v) is 12.4. The van der Waals surface area contributed by atoms with Crippen LogP contribution in [0.5, 0.6) is 0 Å². The monoisotopic (exact) mass is 432 g/mol. The highest BCUT2D eigenvalue weighted by molar-refractivity contribution is 5.80. The number of rotatable bonds is 4. The van der Waals surface area contributed by atoms with Crippen LogP contribution in [-0.2, 0) is 4.79 Å². The van der Waals surface area contributed by atoms with Gasteiger partial charge in [-0.2, -0.15) is 0 Å². The Bertz CT molecular complexity index is 964. The molecule has 4 atom stereocenters. The SMILES string of the molecule is O=C([C@H]1C[C@H]2CCCC[C@H]2[C@@H]1/C=C/c1ccc(-c2cccc(F)c2)cn1)N1CCCCC1. The van der Waals surface area contributed by atoms with Crippen LogP contribution in [0.25, 0.3) is 17.2 Å². The smallest absolute Gasteiger partial charge is 0.226 e. The van der Waals surface area contributed by atoms with Crippen LogP contribution >= 0.6 is 0 Å². The molecule has 5 rings (SSSR count). The predicted octanol–water partition coefficient (Wildman–Crippen LogP) is 6.36. The molecule has 1 saturated heterocycles. The van der Waals surface area contributed by atoms with Crippen molar-refractivity contribution < 1.29 is 9.18 Å². The Labute approximate surface area is 190 Å². The number of likely N-dealkylation sites (tertiary alicyclic amines) is 1. The fraction of sp³-hybridized carbons (Fsp3) is 0.500. The third kappa shape index (κ3) is 4.51. The molecule has 3 fully saturated rings. The van der Waals surface area contributed by atoms with Gasteiger partial charge in [0.05, 0.1) is 5.69 Å². The molecule has 0 bridgehead atoms.